The van der Waals surface area contributed by atoms with Crippen LogP contribution >= 0.6 is 0 Å². The summed E-state index contributed by atoms with van der Waals surface area (Å²) in [5.74, 6) is 0. The number of nitrogens with one attached hydrogen (secondary N) is 2. The van der Waals surface area contributed by atoms with Crippen molar-refractivity contribution in [3.05, 3.63) is 24.3 Å². The van der Waals surface area contributed by atoms with Crippen LogP contribution in [0.2, 0.25) is 0 Å². The van der Waals surface area contributed by atoms with Crippen LogP contribution in [-0.4, -0.2) is 25.9 Å². The highest BCUT2D eigenvalue weighted by molar-refractivity contribution is 7.86. The summed E-state index contributed by atoms with van der Waals surface area (Å²) in [4.78, 5) is 0.931. The molecule has 1 aromatic carbocycles. The van der Waals surface area contributed by atoms with Crippen molar-refractivity contribution >= 4 is 26.1 Å². The Morgan fingerprint density at radius 3 is 2.06 bits per heavy atom. The summed E-state index contributed by atoms with van der Waals surface area (Å²) in [6, 6.07) is 5.00. The average molecular weight is 268 g/mol. The highest BCUT2D eigenvalue weighted by atomic mass is 32.2. The first-order valence-electron chi connectivity index (χ1n) is 3.77. The van der Waals surface area contributed by atoms with E-state index in [-0.39, 0.29) is 5.69 Å². The predicted octanol–water partition coefficient (Wildman–Crippen LogP) is -0.347. The van der Waals surface area contributed by atoms with E-state index in [9.17, 15) is 16.8 Å². The van der Waals surface area contributed by atoms with Crippen LogP contribution in [0.1, 0.15) is 0 Å². The molecular weight excluding hydrogens is 260 g/mol. The topological polar surface area (TPSA) is 133 Å². The molecule has 0 aromatic heterocycles. The minimum absolute atomic E-state index is 0.220. The molecule has 10 heteroatoms. The van der Waals surface area contributed by atoms with Gasteiger partial charge >= 0.3 is 10.3 Å². The third-order valence-corrected chi connectivity index (χ3v) is 2.75. The molecule has 0 saturated carbocycles. The first kappa shape index (κ1) is 12.9. The van der Waals surface area contributed by atoms with Crippen molar-refractivity contribution < 1.29 is 25.9 Å². The molecule has 4 N–H and O–H groups in total. The second-order valence-electron chi connectivity index (χ2n) is 2.67. The average Bonchev–Trinajstić information content (AvgIpc) is 2.12. The van der Waals surface area contributed by atoms with Crippen molar-refractivity contribution in [2.75, 3.05) is 5.43 Å². The summed E-state index contributed by atoms with van der Waals surface area (Å²) in [6.45, 7) is 0. The Bertz CT molecular complexity index is 579. The van der Waals surface area contributed by atoms with Crippen LogP contribution in [0.15, 0.2) is 29.2 Å². The smallest absolute Gasteiger partial charge is 0.305 e. The van der Waals surface area contributed by atoms with Gasteiger partial charge in [0.05, 0.1) is 5.69 Å². The number of hydrogen-bond acceptors (Lipinski definition) is 5. The maximum Gasteiger partial charge on any atom is 0.350 e. The van der Waals surface area contributed by atoms with Gasteiger partial charge in [0, 0.05) is 0 Å². The van der Waals surface area contributed by atoms with Crippen LogP contribution in [0, 0.1) is 0 Å². The largest absolute Gasteiger partial charge is 0.350 e. The molecule has 0 heterocycles. The Labute approximate surface area is 91.9 Å². The molecule has 8 nitrogen and oxygen atoms in total. The van der Waals surface area contributed by atoms with Crippen LogP contribution in [0.5, 0.6) is 0 Å². The van der Waals surface area contributed by atoms with E-state index in [4.69, 9.17) is 9.11 Å². The molecule has 0 aliphatic carbocycles. The summed E-state index contributed by atoms with van der Waals surface area (Å²) in [5, 5.41) is 0. The fraction of sp³-hybridized carbons (Fsp3) is 0. The lowest BCUT2D eigenvalue weighted by atomic mass is 10.3. The van der Waals surface area contributed by atoms with Gasteiger partial charge in [-0.05, 0) is 12.1 Å². The highest BCUT2D eigenvalue weighted by Gasteiger charge is 2.15. The number of para-hydroxylation sites is 1. The van der Waals surface area contributed by atoms with Gasteiger partial charge in [-0.3, -0.25) is 9.11 Å². The van der Waals surface area contributed by atoms with Crippen LogP contribution < -0.4 is 10.3 Å². The second-order valence-corrected chi connectivity index (χ2v) is 5.22. The highest BCUT2D eigenvalue weighted by Crippen LogP contribution is 2.19. The van der Waals surface area contributed by atoms with Gasteiger partial charge in [-0.25, -0.2) is 0 Å². The van der Waals surface area contributed by atoms with E-state index in [2.05, 4.69) is 0 Å². The van der Waals surface area contributed by atoms with Crippen LogP contribution in [0.4, 0.5) is 5.69 Å². The van der Waals surface area contributed by atoms with E-state index in [1.54, 1.807) is 0 Å². The number of hydrazine groups is 1. The van der Waals surface area contributed by atoms with Gasteiger partial charge in [0.1, 0.15) is 4.90 Å². The number of anilines is 1. The summed E-state index contributed by atoms with van der Waals surface area (Å²) in [7, 11) is -9.00. The Kier molecular flexibility index (Phi) is 3.50. The summed E-state index contributed by atoms with van der Waals surface area (Å²) in [6.07, 6.45) is 0. The number of hydrogen-bond donors (Lipinski definition) is 4. The van der Waals surface area contributed by atoms with Crippen molar-refractivity contribution in [1.82, 2.24) is 4.83 Å². The van der Waals surface area contributed by atoms with Gasteiger partial charge in [-0.15, -0.1) is 4.83 Å². The SMILES string of the molecule is O=S(=O)(O)NNc1ccccc1S(=O)(=O)O. The molecule has 1 aromatic rings. The van der Waals surface area contributed by atoms with E-state index in [0.29, 0.717) is 0 Å². The minimum Gasteiger partial charge on any atom is -0.305 e. The van der Waals surface area contributed by atoms with E-state index in [0.717, 1.165) is 6.07 Å². The molecule has 1 rings (SSSR count). The first-order chi connectivity index (χ1) is 7.20. The lowest BCUT2D eigenvalue weighted by Crippen LogP contribution is -2.29. The zero-order valence-corrected chi connectivity index (χ0v) is 9.29. The van der Waals surface area contributed by atoms with Crippen LogP contribution in [0.3, 0.4) is 0 Å². The monoisotopic (exact) mass is 268 g/mol. The minimum atomic E-state index is -4.52. The molecule has 0 saturated heterocycles. The first-order valence-corrected chi connectivity index (χ1v) is 6.65. The standard InChI is InChI=1S/C6H8N2O6S2/c9-15(10,11)6-4-2-1-3-5(6)7-8-16(12,13)14/h1-4,7-8H,(H,9,10,11)(H,12,13,14). The molecule has 90 valence electrons. The van der Waals surface area contributed by atoms with Gasteiger partial charge < -0.3 is 5.43 Å². The summed E-state index contributed by atoms with van der Waals surface area (Å²) in [5.41, 5.74) is 1.71. The lowest BCUT2D eigenvalue weighted by molar-refractivity contribution is 0.471. The molecule has 0 unspecified atom stereocenters. The third-order valence-electron chi connectivity index (χ3n) is 1.48. The molecule has 0 fully saturated rings. The quantitative estimate of drug-likeness (QED) is 0.433. The van der Waals surface area contributed by atoms with Crippen molar-refractivity contribution in [2.24, 2.45) is 0 Å². The zero-order valence-electron chi connectivity index (χ0n) is 7.65. The van der Waals surface area contributed by atoms with Gasteiger partial charge in [0.25, 0.3) is 10.1 Å². The van der Waals surface area contributed by atoms with Crippen molar-refractivity contribution in [1.29, 1.82) is 0 Å². The molecule has 0 aliphatic heterocycles. The lowest BCUT2D eigenvalue weighted by Gasteiger charge is -2.08. The van der Waals surface area contributed by atoms with Gasteiger partial charge in [0.2, 0.25) is 0 Å². The molecule has 0 bridgehead atoms. The molecule has 0 radical (unpaired) electrons. The van der Waals surface area contributed by atoms with Crippen LogP contribution in [0.25, 0.3) is 0 Å². The normalized spacial score (nSPS) is 12.4. The Hall–Kier alpha value is -1.20. The molecule has 0 aliphatic rings. The van der Waals surface area contributed by atoms with Gasteiger partial charge in [-0.2, -0.15) is 16.8 Å². The van der Waals surface area contributed by atoms with Gasteiger partial charge in [0.15, 0.2) is 0 Å². The molecule has 16 heavy (non-hydrogen) atoms. The van der Waals surface area contributed by atoms with Crippen molar-refractivity contribution in [2.45, 2.75) is 4.90 Å². The second kappa shape index (κ2) is 4.35. The van der Waals surface area contributed by atoms with Crippen molar-refractivity contribution in [3.8, 4) is 0 Å². The van der Waals surface area contributed by atoms with Crippen LogP contribution in [-0.2, 0) is 20.4 Å². The Morgan fingerprint density at radius 2 is 1.56 bits per heavy atom. The zero-order chi connectivity index (χ0) is 12.4. The number of benzene rings is 1. The summed E-state index contributed by atoms with van der Waals surface area (Å²) < 4.78 is 59.5. The van der Waals surface area contributed by atoms with Crippen molar-refractivity contribution in [3.63, 3.8) is 0 Å². The third kappa shape index (κ3) is 3.75. The van der Waals surface area contributed by atoms with Gasteiger partial charge in [-0.1, -0.05) is 12.1 Å². The maximum atomic E-state index is 10.9. The summed E-state index contributed by atoms with van der Waals surface area (Å²) >= 11 is 0. The van der Waals surface area contributed by atoms with E-state index >= 15 is 0 Å². The molecular formula is C6H8N2O6S2. The predicted molar refractivity (Wildman–Crippen MR) is 54.6 cm³/mol. The molecule has 0 atom stereocenters. The Balaban J connectivity index is 3.06. The van der Waals surface area contributed by atoms with E-state index in [1.807, 2.05) is 5.43 Å². The molecule has 0 spiro atoms. The molecule has 0 amide bonds. The maximum absolute atomic E-state index is 10.9. The fourth-order valence-corrected chi connectivity index (χ4v) is 1.80. The number of rotatable bonds is 4. The van der Waals surface area contributed by atoms with E-state index < -0.39 is 25.3 Å². The fourth-order valence-electron chi connectivity index (χ4n) is 0.914. The Morgan fingerprint density at radius 1 is 1.00 bits per heavy atom. The van der Waals surface area contributed by atoms with E-state index in [1.165, 1.54) is 23.0 Å².